The first-order valence-electron chi connectivity index (χ1n) is 8.69. The van der Waals surface area contributed by atoms with E-state index in [9.17, 15) is 9.90 Å². The summed E-state index contributed by atoms with van der Waals surface area (Å²) in [5.41, 5.74) is 8.87. The molecule has 0 aliphatic heterocycles. The van der Waals surface area contributed by atoms with E-state index >= 15 is 0 Å². The van der Waals surface area contributed by atoms with Gasteiger partial charge in [-0.1, -0.05) is 6.92 Å². The molecule has 0 saturated carbocycles. The molecule has 5 N–H and O–H groups in total. The van der Waals surface area contributed by atoms with Crippen LogP contribution in [0.1, 0.15) is 35.8 Å². The molecule has 7 nitrogen and oxygen atoms in total. The Morgan fingerprint density at radius 3 is 2.73 bits per heavy atom. The number of rotatable bonds is 6. The van der Waals surface area contributed by atoms with E-state index in [1.165, 1.54) is 0 Å². The van der Waals surface area contributed by atoms with Gasteiger partial charge in [-0.25, -0.2) is 4.98 Å². The minimum Gasteiger partial charge on any atom is -0.508 e. The molecular weight excluding hydrogens is 330 g/mol. The van der Waals surface area contributed by atoms with Crippen molar-refractivity contribution in [3.63, 3.8) is 0 Å². The summed E-state index contributed by atoms with van der Waals surface area (Å²) >= 11 is 0. The van der Waals surface area contributed by atoms with E-state index in [4.69, 9.17) is 5.73 Å². The van der Waals surface area contributed by atoms with Gasteiger partial charge < -0.3 is 16.2 Å². The van der Waals surface area contributed by atoms with Crippen LogP contribution in [0.5, 0.6) is 5.75 Å². The molecule has 2 heterocycles. The predicted octanol–water partition coefficient (Wildman–Crippen LogP) is 2.50. The monoisotopic (exact) mass is 353 g/mol. The van der Waals surface area contributed by atoms with Gasteiger partial charge in [-0.2, -0.15) is 5.10 Å². The number of benzene rings is 1. The average molecular weight is 353 g/mol. The van der Waals surface area contributed by atoms with E-state index in [0.717, 1.165) is 24.1 Å². The Hall–Kier alpha value is -2.93. The average Bonchev–Trinajstić information content (AvgIpc) is 3.02. The van der Waals surface area contributed by atoms with E-state index < -0.39 is 0 Å². The fourth-order valence-corrected chi connectivity index (χ4v) is 2.98. The van der Waals surface area contributed by atoms with Crippen LogP contribution in [0.3, 0.4) is 0 Å². The van der Waals surface area contributed by atoms with Crippen LogP contribution in [0.15, 0.2) is 30.3 Å². The van der Waals surface area contributed by atoms with E-state index in [1.54, 1.807) is 30.3 Å². The number of aromatic amines is 1. The number of aromatic hydroxyl groups is 1. The lowest BCUT2D eigenvalue weighted by Crippen LogP contribution is -2.36. The lowest BCUT2D eigenvalue weighted by Gasteiger charge is -2.17. The molecule has 1 amide bonds. The first kappa shape index (κ1) is 17.9. The quantitative estimate of drug-likeness (QED) is 0.543. The SMILES string of the molecule is CCC(CCN)NC(=O)c1cc(-c2ccc(O)cc2)nc2n[nH]c(C)c12. The molecule has 1 atom stereocenters. The number of aryl methyl sites for hydroxylation is 1. The van der Waals surface area contributed by atoms with Gasteiger partial charge in [0.1, 0.15) is 5.75 Å². The van der Waals surface area contributed by atoms with Gasteiger partial charge in [0.15, 0.2) is 5.65 Å². The molecule has 0 aliphatic carbocycles. The zero-order valence-corrected chi connectivity index (χ0v) is 14.9. The van der Waals surface area contributed by atoms with Gasteiger partial charge in [-0.05, 0) is 56.6 Å². The number of amides is 1. The Balaban J connectivity index is 2.06. The van der Waals surface area contributed by atoms with Crippen LogP contribution >= 0.6 is 0 Å². The lowest BCUT2D eigenvalue weighted by atomic mass is 10.0. The molecule has 3 aromatic rings. The normalized spacial score (nSPS) is 12.3. The van der Waals surface area contributed by atoms with Crippen molar-refractivity contribution in [2.45, 2.75) is 32.7 Å². The van der Waals surface area contributed by atoms with Gasteiger partial charge in [0.25, 0.3) is 5.91 Å². The number of carbonyl (C=O) groups is 1. The summed E-state index contributed by atoms with van der Waals surface area (Å²) in [5.74, 6) is 0.0122. The Morgan fingerprint density at radius 1 is 1.35 bits per heavy atom. The number of pyridine rings is 1. The summed E-state index contributed by atoms with van der Waals surface area (Å²) in [6.45, 7) is 4.41. The van der Waals surface area contributed by atoms with Crippen molar-refractivity contribution in [3.8, 4) is 17.0 Å². The third-order valence-electron chi connectivity index (χ3n) is 4.46. The summed E-state index contributed by atoms with van der Waals surface area (Å²) in [7, 11) is 0. The number of H-pyrrole nitrogens is 1. The standard InChI is InChI=1S/C19H23N5O2/c1-3-13(8-9-20)21-19(26)15-10-16(12-4-6-14(25)7-5-12)22-18-17(15)11(2)23-24-18/h4-7,10,13,25H,3,8-9,20H2,1-2H3,(H,21,26)(H,22,23,24). The highest BCUT2D eigenvalue weighted by Crippen LogP contribution is 2.27. The number of fused-ring (bicyclic) bond motifs is 1. The maximum atomic E-state index is 12.9. The van der Waals surface area contributed by atoms with Crippen molar-refractivity contribution in [3.05, 3.63) is 41.6 Å². The number of nitrogens with one attached hydrogen (secondary N) is 2. The molecule has 3 rings (SSSR count). The van der Waals surface area contributed by atoms with E-state index in [-0.39, 0.29) is 17.7 Å². The molecule has 0 aliphatic rings. The molecule has 0 radical (unpaired) electrons. The molecule has 1 aromatic carbocycles. The molecule has 0 saturated heterocycles. The highest BCUT2D eigenvalue weighted by Gasteiger charge is 2.19. The Labute approximate surface area is 151 Å². The number of hydrogen-bond donors (Lipinski definition) is 4. The smallest absolute Gasteiger partial charge is 0.252 e. The maximum absolute atomic E-state index is 12.9. The van der Waals surface area contributed by atoms with Crippen molar-refractivity contribution >= 4 is 16.9 Å². The van der Waals surface area contributed by atoms with Crippen molar-refractivity contribution in [2.24, 2.45) is 5.73 Å². The number of phenols is 1. The third-order valence-corrected chi connectivity index (χ3v) is 4.46. The molecule has 0 fully saturated rings. The lowest BCUT2D eigenvalue weighted by molar-refractivity contribution is 0.0936. The Bertz CT molecular complexity index is 918. The molecule has 136 valence electrons. The number of aromatic nitrogens is 3. The molecule has 1 unspecified atom stereocenters. The van der Waals surface area contributed by atoms with Crippen LogP contribution in [-0.2, 0) is 0 Å². The highest BCUT2D eigenvalue weighted by atomic mass is 16.3. The molecule has 0 spiro atoms. The summed E-state index contributed by atoms with van der Waals surface area (Å²) in [6, 6.07) is 8.49. The zero-order chi connectivity index (χ0) is 18.7. The van der Waals surface area contributed by atoms with Crippen LogP contribution in [-0.4, -0.2) is 38.8 Å². The van der Waals surface area contributed by atoms with Gasteiger partial charge in [0.2, 0.25) is 0 Å². The van der Waals surface area contributed by atoms with E-state index in [1.807, 2.05) is 13.8 Å². The molecule has 26 heavy (non-hydrogen) atoms. The minimum atomic E-state index is -0.165. The van der Waals surface area contributed by atoms with Crippen LogP contribution in [0, 0.1) is 6.92 Å². The van der Waals surface area contributed by atoms with Gasteiger partial charge in [0.05, 0.1) is 16.6 Å². The second-order valence-electron chi connectivity index (χ2n) is 6.31. The van der Waals surface area contributed by atoms with Crippen LogP contribution in [0.2, 0.25) is 0 Å². The number of nitrogens with zero attached hydrogens (tertiary/aromatic N) is 2. The molecular formula is C19H23N5O2. The van der Waals surface area contributed by atoms with Crippen molar-refractivity contribution < 1.29 is 9.90 Å². The number of phenolic OH excluding ortho intramolecular Hbond substituents is 1. The maximum Gasteiger partial charge on any atom is 0.252 e. The number of nitrogens with two attached hydrogens (primary N) is 1. The predicted molar refractivity (Wildman–Crippen MR) is 101 cm³/mol. The van der Waals surface area contributed by atoms with Gasteiger partial charge >= 0.3 is 0 Å². The number of hydrogen-bond acceptors (Lipinski definition) is 5. The Kier molecular flexibility index (Phi) is 5.18. The van der Waals surface area contributed by atoms with Crippen LogP contribution < -0.4 is 11.1 Å². The fraction of sp³-hybridized carbons (Fsp3) is 0.316. The van der Waals surface area contributed by atoms with E-state index in [2.05, 4.69) is 20.5 Å². The van der Waals surface area contributed by atoms with Crippen LogP contribution in [0.4, 0.5) is 0 Å². The third kappa shape index (κ3) is 3.52. The Morgan fingerprint density at radius 2 is 2.08 bits per heavy atom. The first-order valence-corrected chi connectivity index (χ1v) is 8.69. The van der Waals surface area contributed by atoms with Crippen molar-refractivity contribution in [2.75, 3.05) is 6.54 Å². The van der Waals surface area contributed by atoms with E-state index in [0.29, 0.717) is 28.8 Å². The van der Waals surface area contributed by atoms with Gasteiger partial charge in [-0.3, -0.25) is 9.89 Å². The summed E-state index contributed by atoms with van der Waals surface area (Å²) in [5, 5.41) is 20.4. The second-order valence-corrected chi connectivity index (χ2v) is 6.31. The highest BCUT2D eigenvalue weighted by molar-refractivity contribution is 6.07. The van der Waals surface area contributed by atoms with Gasteiger partial charge in [-0.15, -0.1) is 0 Å². The molecule has 2 aromatic heterocycles. The number of carbonyl (C=O) groups excluding carboxylic acids is 1. The fourth-order valence-electron chi connectivity index (χ4n) is 2.98. The van der Waals surface area contributed by atoms with Crippen LogP contribution in [0.25, 0.3) is 22.3 Å². The zero-order valence-electron chi connectivity index (χ0n) is 14.9. The second kappa shape index (κ2) is 7.53. The van der Waals surface area contributed by atoms with Gasteiger partial charge in [0, 0.05) is 17.3 Å². The van der Waals surface area contributed by atoms with Crippen molar-refractivity contribution in [1.29, 1.82) is 0 Å². The summed E-state index contributed by atoms with van der Waals surface area (Å²) < 4.78 is 0. The first-order chi connectivity index (χ1) is 12.5. The topological polar surface area (TPSA) is 117 Å². The summed E-state index contributed by atoms with van der Waals surface area (Å²) in [6.07, 6.45) is 1.54. The summed E-state index contributed by atoms with van der Waals surface area (Å²) in [4.78, 5) is 17.5. The van der Waals surface area contributed by atoms with Crippen molar-refractivity contribution in [1.82, 2.24) is 20.5 Å². The molecule has 7 heteroatoms. The largest absolute Gasteiger partial charge is 0.508 e. The minimum absolute atomic E-state index is 0.0278. The molecule has 0 bridgehead atoms.